The molecule has 0 heterocycles. The van der Waals surface area contributed by atoms with Gasteiger partial charge in [-0.3, -0.25) is 4.79 Å². The summed E-state index contributed by atoms with van der Waals surface area (Å²) in [5, 5.41) is 3.00. The lowest BCUT2D eigenvalue weighted by atomic mass is 9.94. The van der Waals surface area contributed by atoms with Gasteiger partial charge < -0.3 is 5.32 Å². The van der Waals surface area contributed by atoms with Gasteiger partial charge >= 0.3 is 0 Å². The van der Waals surface area contributed by atoms with Crippen LogP contribution < -0.4 is 5.32 Å². The second kappa shape index (κ2) is 6.01. The highest BCUT2D eigenvalue weighted by Crippen LogP contribution is 2.17. The molecule has 1 aliphatic rings. The molecule has 1 amide bonds. The molecule has 0 aromatic heterocycles. The molecule has 0 spiro atoms. The predicted molar refractivity (Wildman–Crippen MR) is 73.0 cm³/mol. The quantitative estimate of drug-likeness (QED) is 0.849. The monoisotopic (exact) mass is 293 g/mol. The number of hydrogen-bond donors (Lipinski definition) is 1. The lowest BCUT2D eigenvalue weighted by molar-refractivity contribution is 0.0946. The molecule has 0 saturated heterocycles. The van der Waals surface area contributed by atoms with Crippen molar-refractivity contribution in [3.8, 4) is 0 Å². The summed E-state index contributed by atoms with van der Waals surface area (Å²) in [6.45, 7) is 0.773. The highest BCUT2D eigenvalue weighted by molar-refractivity contribution is 9.10. The summed E-state index contributed by atoms with van der Waals surface area (Å²) in [6, 6.07) is 7.47. The van der Waals surface area contributed by atoms with Crippen LogP contribution in [0.2, 0.25) is 0 Å². The van der Waals surface area contributed by atoms with Crippen LogP contribution in [0.1, 0.15) is 29.6 Å². The average Bonchev–Trinajstić information content (AvgIpc) is 2.37. The van der Waals surface area contributed by atoms with Gasteiger partial charge in [-0.05, 0) is 43.4 Å². The van der Waals surface area contributed by atoms with Crippen molar-refractivity contribution < 1.29 is 4.79 Å². The summed E-state index contributed by atoms with van der Waals surface area (Å²) in [7, 11) is 0. The normalized spacial score (nSPS) is 19.0. The minimum atomic E-state index is 0.0147. The van der Waals surface area contributed by atoms with E-state index in [1.54, 1.807) is 0 Å². The van der Waals surface area contributed by atoms with Crippen molar-refractivity contribution in [2.24, 2.45) is 5.92 Å². The minimum absolute atomic E-state index is 0.0147. The Morgan fingerprint density at radius 3 is 3.00 bits per heavy atom. The van der Waals surface area contributed by atoms with Gasteiger partial charge in [0.15, 0.2) is 0 Å². The lowest BCUT2D eigenvalue weighted by Crippen LogP contribution is -2.29. The number of nitrogens with one attached hydrogen (secondary N) is 1. The molecule has 0 fully saturated rings. The molecule has 0 bridgehead atoms. The number of amides is 1. The molecule has 2 rings (SSSR count). The van der Waals surface area contributed by atoms with Crippen LogP contribution in [0.5, 0.6) is 0 Å². The maximum absolute atomic E-state index is 11.9. The SMILES string of the molecule is O=C(NCC1CC=CCC1)c1cccc(Br)c1. The molecular weight excluding hydrogens is 278 g/mol. The van der Waals surface area contributed by atoms with E-state index >= 15 is 0 Å². The molecule has 0 radical (unpaired) electrons. The van der Waals surface area contributed by atoms with Gasteiger partial charge in [0.1, 0.15) is 0 Å². The van der Waals surface area contributed by atoms with Gasteiger partial charge in [-0.1, -0.05) is 34.1 Å². The van der Waals surface area contributed by atoms with Crippen LogP contribution in [-0.2, 0) is 0 Å². The van der Waals surface area contributed by atoms with Gasteiger partial charge in [-0.2, -0.15) is 0 Å². The van der Waals surface area contributed by atoms with E-state index in [1.807, 2.05) is 24.3 Å². The molecule has 17 heavy (non-hydrogen) atoms. The average molecular weight is 294 g/mol. The Morgan fingerprint density at radius 2 is 2.29 bits per heavy atom. The van der Waals surface area contributed by atoms with Gasteiger partial charge in [0, 0.05) is 16.6 Å². The summed E-state index contributed by atoms with van der Waals surface area (Å²) in [5.41, 5.74) is 0.714. The van der Waals surface area contributed by atoms with E-state index in [9.17, 15) is 4.79 Å². The van der Waals surface area contributed by atoms with Crippen LogP contribution in [-0.4, -0.2) is 12.5 Å². The fourth-order valence-electron chi connectivity index (χ4n) is 2.01. The molecule has 1 aliphatic carbocycles. The van der Waals surface area contributed by atoms with Crippen molar-refractivity contribution in [2.75, 3.05) is 6.54 Å². The lowest BCUT2D eigenvalue weighted by Gasteiger charge is -2.18. The maximum atomic E-state index is 11.9. The molecule has 1 atom stereocenters. The van der Waals surface area contributed by atoms with Gasteiger partial charge in [-0.25, -0.2) is 0 Å². The largest absolute Gasteiger partial charge is 0.352 e. The zero-order chi connectivity index (χ0) is 12.1. The van der Waals surface area contributed by atoms with E-state index < -0.39 is 0 Å². The summed E-state index contributed by atoms with van der Waals surface area (Å²) in [6.07, 6.45) is 7.82. The molecule has 0 aliphatic heterocycles. The highest BCUT2D eigenvalue weighted by Gasteiger charge is 2.12. The van der Waals surface area contributed by atoms with Gasteiger partial charge in [0.25, 0.3) is 5.91 Å². The third kappa shape index (κ3) is 3.70. The third-order valence-corrected chi connectivity index (χ3v) is 3.51. The predicted octanol–water partition coefficient (Wildman–Crippen LogP) is 3.54. The second-order valence-electron chi connectivity index (χ2n) is 4.37. The third-order valence-electron chi connectivity index (χ3n) is 3.02. The van der Waals surface area contributed by atoms with Crippen molar-refractivity contribution in [2.45, 2.75) is 19.3 Å². The number of hydrogen-bond acceptors (Lipinski definition) is 1. The molecule has 3 heteroatoms. The van der Waals surface area contributed by atoms with Crippen molar-refractivity contribution in [3.63, 3.8) is 0 Å². The van der Waals surface area contributed by atoms with Gasteiger partial charge in [0.2, 0.25) is 0 Å². The van der Waals surface area contributed by atoms with Crippen molar-refractivity contribution >= 4 is 21.8 Å². The first-order chi connectivity index (χ1) is 8.25. The summed E-state index contributed by atoms with van der Waals surface area (Å²) < 4.78 is 0.936. The zero-order valence-corrected chi connectivity index (χ0v) is 11.2. The number of benzene rings is 1. The van der Waals surface area contributed by atoms with Gasteiger partial charge in [0.05, 0.1) is 0 Å². The molecule has 90 valence electrons. The standard InChI is InChI=1S/C14H16BrNO/c15-13-8-4-7-12(9-13)14(17)16-10-11-5-2-1-3-6-11/h1-2,4,7-9,11H,3,5-6,10H2,(H,16,17). The van der Waals surface area contributed by atoms with Crippen LogP contribution >= 0.6 is 15.9 Å². The number of halogens is 1. The minimum Gasteiger partial charge on any atom is -0.352 e. The number of rotatable bonds is 3. The molecule has 2 nitrogen and oxygen atoms in total. The van der Waals surface area contributed by atoms with E-state index in [0.717, 1.165) is 23.9 Å². The Labute approximate surface area is 110 Å². The van der Waals surface area contributed by atoms with Crippen molar-refractivity contribution in [1.29, 1.82) is 0 Å². The zero-order valence-electron chi connectivity index (χ0n) is 9.66. The maximum Gasteiger partial charge on any atom is 0.251 e. The fraction of sp³-hybridized carbons (Fsp3) is 0.357. The van der Waals surface area contributed by atoms with E-state index in [-0.39, 0.29) is 5.91 Å². The van der Waals surface area contributed by atoms with Crippen LogP contribution in [0.3, 0.4) is 0 Å². The molecule has 1 N–H and O–H groups in total. The Morgan fingerprint density at radius 1 is 1.41 bits per heavy atom. The van der Waals surface area contributed by atoms with E-state index in [1.165, 1.54) is 6.42 Å². The highest BCUT2D eigenvalue weighted by atomic mass is 79.9. The molecule has 1 aromatic carbocycles. The number of carbonyl (C=O) groups is 1. The number of carbonyl (C=O) groups excluding carboxylic acids is 1. The Bertz CT molecular complexity index is 428. The summed E-state index contributed by atoms with van der Waals surface area (Å²) in [4.78, 5) is 11.9. The van der Waals surface area contributed by atoms with E-state index in [2.05, 4.69) is 33.4 Å². The Balaban J connectivity index is 1.87. The molecule has 1 aromatic rings. The smallest absolute Gasteiger partial charge is 0.251 e. The fourth-order valence-corrected chi connectivity index (χ4v) is 2.41. The molecule has 1 unspecified atom stereocenters. The molecular formula is C14H16BrNO. The molecule has 0 saturated carbocycles. The number of allylic oxidation sites excluding steroid dienone is 2. The van der Waals surface area contributed by atoms with Crippen LogP contribution in [0.25, 0.3) is 0 Å². The van der Waals surface area contributed by atoms with Crippen LogP contribution in [0.4, 0.5) is 0 Å². The summed E-state index contributed by atoms with van der Waals surface area (Å²) in [5.74, 6) is 0.608. The topological polar surface area (TPSA) is 29.1 Å². The van der Waals surface area contributed by atoms with E-state index in [4.69, 9.17) is 0 Å². The Kier molecular flexibility index (Phi) is 4.37. The summed E-state index contributed by atoms with van der Waals surface area (Å²) >= 11 is 3.37. The first kappa shape index (κ1) is 12.4. The van der Waals surface area contributed by atoms with E-state index in [0.29, 0.717) is 11.5 Å². The second-order valence-corrected chi connectivity index (χ2v) is 5.29. The first-order valence-electron chi connectivity index (χ1n) is 5.94. The van der Waals surface area contributed by atoms with Crippen molar-refractivity contribution in [1.82, 2.24) is 5.32 Å². The van der Waals surface area contributed by atoms with Crippen molar-refractivity contribution in [3.05, 3.63) is 46.5 Å². The first-order valence-corrected chi connectivity index (χ1v) is 6.74. The Hall–Kier alpha value is -1.09. The van der Waals surface area contributed by atoms with Crippen LogP contribution in [0, 0.1) is 5.92 Å². The van der Waals surface area contributed by atoms with Gasteiger partial charge in [-0.15, -0.1) is 0 Å². The van der Waals surface area contributed by atoms with Crippen LogP contribution in [0.15, 0.2) is 40.9 Å².